The van der Waals surface area contributed by atoms with Crippen molar-refractivity contribution in [1.29, 1.82) is 0 Å². The maximum absolute atomic E-state index is 8.74. The molecule has 6 rings (SSSR count). The topological polar surface area (TPSA) is 4.93 Å². The average Bonchev–Trinajstić information content (AvgIpc) is 3.34. The van der Waals surface area contributed by atoms with E-state index >= 15 is 0 Å². The van der Waals surface area contributed by atoms with E-state index in [1.807, 2.05) is 37.3 Å². The van der Waals surface area contributed by atoms with Crippen molar-refractivity contribution in [3.63, 3.8) is 0 Å². The fourth-order valence-electron chi connectivity index (χ4n) is 5.72. The first-order chi connectivity index (χ1) is 21.1. The van der Waals surface area contributed by atoms with Crippen molar-refractivity contribution < 1.29 is 6.85 Å². The Balaban J connectivity index is 1.79. The molecule has 6 aromatic rings. The highest BCUT2D eigenvalue weighted by atomic mass is 15.0. The van der Waals surface area contributed by atoms with Crippen molar-refractivity contribution in [2.75, 3.05) is 0 Å². The number of hydrogen-bond acceptors (Lipinski definition) is 0. The molecule has 1 heteroatoms. The van der Waals surface area contributed by atoms with Crippen molar-refractivity contribution in [3.05, 3.63) is 126 Å². The standard InChI is InChI=1S/C39H39N/c1-26-32(27-15-10-8-11-16-27)21-22-35-36(26)37-33(19-14-20-34(37)40(35)31-17-12-9-13-18-31)28-23-29(38(2,3)4)25-30(24-28)39(5,6)7/h8-25H,1-7H3/i8D,10D,11D,15D,16D. The summed E-state index contributed by atoms with van der Waals surface area (Å²) in [6, 6.07) is 26.2. The lowest BCUT2D eigenvalue weighted by molar-refractivity contribution is 0.569. The van der Waals surface area contributed by atoms with Gasteiger partial charge in [0, 0.05) is 16.5 Å². The second kappa shape index (κ2) is 9.52. The lowest BCUT2D eigenvalue weighted by atomic mass is 9.78. The maximum Gasteiger partial charge on any atom is 0.0629 e. The highest BCUT2D eigenvalue weighted by Crippen LogP contribution is 2.44. The monoisotopic (exact) mass is 526 g/mol. The molecule has 0 spiro atoms. The van der Waals surface area contributed by atoms with E-state index in [2.05, 4.69) is 94.6 Å². The largest absolute Gasteiger partial charge is 0.309 e. The third kappa shape index (κ3) is 4.44. The first-order valence-electron chi connectivity index (χ1n) is 16.5. The van der Waals surface area contributed by atoms with E-state index in [9.17, 15) is 0 Å². The molecule has 0 radical (unpaired) electrons. The molecule has 1 aromatic heterocycles. The molecule has 0 atom stereocenters. The van der Waals surface area contributed by atoms with Gasteiger partial charge in [0.25, 0.3) is 0 Å². The van der Waals surface area contributed by atoms with Gasteiger partial charge in [-0.05, 0) is 81.0 Å². The quantitative estimate of drug-likeness (QED) is 0.216. The van der Waals surface area contributed by atoms with Crippen molar-refractivity contribution in [1.82, 2.24) is 4.57 Å². The van der Waals surface area contributed by atoms with E-state index in [4.69, 9.17) is 6.85 Å². The highest BCUT2D eigenvalue weighted by molar-refractivity contribution is 6.18. The van der Waals surface area contributed by atoms with Crippen LogP contribution in [0.25, 0.3) is 49.7 Å². The van der Waals surface area contributed by atoms with Crippen LogP contribution < -0.4 is 0 Å². The number of fused-ring (bicyclic) bond motifs is 3. The lowest BCUT2D eigenvalue weighted by Gasteiger charge is -2.26. The number of aromatic nitrogens is 1. The molecule has 40 heavy (non-hydrogen) atoms. The van der Waals surface area contributed by atoms with E-state index in [1.54, 1.807) is 0 Å². The van der Waals surface area contributed by atoms with Gasteiger partial charge < -0.3 is 4.57 Å². The van der Waals surface area contributed by atoms with Gasteiger partial charge in [0.1, 0.15) is 0 Å². The molecule has 1 nitrogen and oxygen atoms in total. The Morgan fingerprint density at radius 1 is 0.575 bits per heavy atom. The van der Waals surface area contributed by atoms with Crippen molar-refractivity contribution in [2.45, 2.75) is 59.3 Å². The minimum atomic E-state index is -0.385. The van der Waals surface area contributed by atoms with Crippen LogP contribution in [0, 0.1) is 6.92 Å². The van der Waals surface area contributed by atoms with Crippen LogP contribution >= 0.6 is 0 Å². The number of hydrogen-bond donors (Lipinski definition) is 0. The van der Waals surface area contributed by atoms with Crippen LogP contribution in [-0.4, -0.2) is 4.57 Å². The number of aryl methyl sites for hydroxylation is 1. The van der Waals surface area contributed by atoms with E-state index in [0.29, 0.717) is 5.56 Å². The van der Waals surface area contributed by atoms with E-state index < -0.39 is 0 Å². The molecular weight excluding hydrogens is 482 g/mol. The Morgan fingerprint density at radius 2 is 1.20 bits per heavy atom. The fraction of sp³-hybridized carbons (Fsp3) is 0.231. The minimum absolute atomic E-state index is 0.0496. The van der Waals surface area contributed by atoms with E-state index in [-0.39, 0.29) is 46.6 Å². The van der Waals surface area contributed by atoms with Crippen molar-refractivity contribution >= 4 is 21.8 Å². The Hall–Kier alpha value is -4.10. The van der Waals surface area contributed by atoms with Gasteiger partial charge in [0.15, 0.2) is 0 Å². The second-order valence-electron chi connectivity index (χ2n) is 12.8. The normalized spacial score (nSPS) is 14.1. The SMILES string of the molecule is [2H]c1c([2H])c([2H])c(-c2ccc3c(c2C)c2c(-c4cc(C(C)(C)C)cc(C(C)(C)C)c4)cccc2n3-c2ccccc2)c([2H])c1[2H]. The molecule has 0 aliphatic heterocycles. The van der Waals surface area contributed by atoms with Gasteiger partial charge in [-0.3, -0.25) is 0 Å². The van der Waals surface area contributed by atoms with Crippen LogP contribution in [-0.2, 0) is 10.8 Å². The van der Waals surface area contributed by atoms with Crippen LogP contribution in [0.3, 0.4) is 0 Å². The second-order valence-corrected chi connectivity index (χ2v) is 12.8. The Labute approximate surface area is 246 Å². The summed E-state index contributed by atoms with van der Waals surface area (Å²) in [6.07, 6.45) is 0. The molecule has 0 amide bonds. The molecule has 0 bridgehead atoms. The predicted molar refractivity (Wildman–Crippen MR) is 174 cm³/mol. The molecule has 0 saturated carbocycles. The van der Waals surface area contributed by atoms with Gasteiger partial charge in [-0.15, -0.1) is 0 Å². The zero-order valence-corrected chi connectivity index (χ0v) is 24.5. The summed E-state index contributed by atoms with van der Waals surface area (Å²) >= 11 is 0. The molecule has 200 valence electrons. The van der Waals surface area contributed by atoms with Crippen molar-refractivity contribution in [3.8, 4) is 27.9 Å². The summed E-state index contributed by atoms with van der Waals surface area (Å²) < 4.78 is 44.6. The zero-order chi connectivity index (χ0) is 32.6. The van der Waals surface area contributed by atoms with Gasteiger partial charge in [-0.1, -0.05) is 126 Å². The van der Waals surface area contributed by atoms with Crippen LogP contribution in [0.4, 0.5) is 0 Å². The summed E-state index contributed by atoms with van der Waals surface area (Å²) in [7, 11) is 0. The van der Waals surface area contributed by atoms with E-state index in [1.165, 1.54) is 11.1 Å². The summed E-state index contributed by atoms with van der Waals surface area (Å²) in [5.41, 5.74) is 9.50. The summed E-state index contributed by atoms with van der Waals surface area (Å²) in [5.74, 6) is 0. The van der Waals surface area contributed by atoms with Gasteiger partial charge >= 0.3 is 0 Å². The molecule has 0 fully saturated rings. The number of rotatable bonds is 3. The van der Waals surface area contributed by atoms with Gasteiger partial charge in [-0.2, -0.15) is 0 Å². The minimum Gasteiger partial charge on any atom is -0.309 e. The van der Waals surface area contributed by atoms with Crippen LogP contribution in [0.15, 0.2) is 109 Å². The molecule has 0 aliphatic carbocycles. The number of para-hydroxylation sites is 1. The highest BCUT2D eigenvalue weighted by Gasteiger charge is 2.24. The first kappa shape index (κ1) is 20.8. The molecule has 1 heterocycles. The number of nitrogens with zero attached hydrogens (tertiary/aromatic N) is 1. The lowest BCUT2D eigenvalue weighted by Crippen LogP contribution is -2.16. The maximum atomic E-state index is 8.74. The van der Waals surface area contributed by atoms with Crippen LogP contribution in [0.5, 0.6) is 0 Å². The molecule has 0 unspecified atom stereocenters. The van der Waals surface area contributed by atoms with Crippen LogP contribution in [0.2, 0.25) is 0 Å². The fourth-order valence-corrected chi connectivity index (χ4v) is 5.72. The van der Waals surface area contributed by atoms with Gasteiger partial charge in [0.05, 0.1) is 17.9 Å². The third-order valence-corrected chi connectivity index (χ3v) is 7.98. The van der Waals surface area contributed by atoms with E-state index in [0.717, 1.165) is 44.2 Å². The first-order valence-corrected chi connectivity index (χ1v) is 14.0. The number of benzene rings is 5. The Kier molecular flexibility index (Phi) is 4.94. The average molecular weight is 527 g/mol. The summed E-state index contributed by atoms with van der Waals surface area (Å²) in [5, 5.41) is 2.08. The molecular formula is C39H39N. The Morgan fingerprint density at radius 3 is 1.82 bits per heavy atom. The van der Waals surface area contributed by atoms with Crippen molar-refractivity contribution in [2.24, 2.45) is 0 Å². The van der Waals surface area contributed by atoms with Crippen LogP contribution in [0.1, 0.15) is 65.1 Å². The molecule has 0 saturated heterocycles. The summed E-state index contributed by atoms with van der Waals surface area (Å²) in [4.78, 5) is 0. The summed E-state index contributed by atoms with van der Waals surface area (Å²) in [6.45, 7) is 15.5. The molecule has 0 aliphatic rings. The van der Waals surface area contributed by atoms with Gasteiger partial charge in [0.2, 0.25) is 0 Å². The smallest absolute Gasteiger partial charge is 0.0629 e. The Bertz CT molecular complexity index is 2070. The molecule has 0 N–H and O–H groups in total. The molecule has 5 aromatic carbocycles. The van der Waals surface area contributed by atoms with Gasteiger partial charge in [-0.25, -0.2) is 0 Å². The predicted octanol–water partition coefficient (Wildman–Crippen LogP) is 11.0. The third-order valence-electron chi connectivity index (χ3n) is 7.98. The zero-order valence-electron chi connectivity index (χ0n) is 29.5.